The molecule has 3 nitrogen and oxygen atoms in total. The van der Waals surface area contributed by atoms with E-state index in [1.54, 1.807) is 30.1 Å². The molecule has 1 amide bonds. The number of hydrogen-bond donors (Lipinski definition) is 1. The number of nitrogens with one attached hydrogen (secondary N) is 1. The highest BCUT2D eigenvalue weighted by molar-refractivity contribution is 7.98. The van der Waals surface area contributed by atoms with Crippen molar-refractivity contribution in [3.05, 3.63) is 65.7 Å². The van der Waals surface area contributed by atoms with Gasteiger partial charge >= 0.3 is 0 Å². The van der Waals surface area contributed by atoms with E-state index < -0.39 is 0 Å². The maximum atomic E-state index is 11.7. The summed E-state index contributed by atoms with van der Waals surface area (Å²) in [5, 5.41) is 3.94. The number of hydrogen-bond acceptors (Lipinski definition) is 3. The summed E-state index contributed by atoms with van der Waals surface area (Å²) in [6, 6.07) is 17.0. The maximum absolute atomic E-state index is 11.7. The molecule has 1 N–H and O–H groups in total. The predicted molar refractivity (Wildman–Crippen MR) is 79.7 cm³/mol. The highest BCUT2D eigenvalue weighted by atomic mass is 32.2. The molecule has 0 bridgehead atoms. The van der Waals surface area contributed by atoms with Crippen molar-refractivity contribution in [3.63, 3.8) is 0 Å². The first-order valence-corrected chi connectivity index (χ1v) is 7.04. The largest absolute Gasteiger partial charge is 0.271 e. The quantitative estimate of drug-likeness (QED) is 0.526. The van der Waals surface area contributed by atoms with Crippen molar-refractivity contribution in [3.8, 4) is 0 Å². The van der Waals surface area contributed by atoms with Crippen LogP contribution >= 0.6 is 11.8 Å². The van der Waals surface area contributed by atoms with Crippen molar-refractivity contribution in [1.29, 1.82) is 0 Å². The van der Waals surface area contributed by atoms with Gasteiger partial charge in [-0.3, -0.25) is 4.79 Å². The number of carbonyl (C=O) groups excluding carboxylic acids is 1. The first-order chi connectivity index (χ1) is 9.29. The van der Waals surface area contributed by atoms with Crippen molar-refractivity contribution in [2.45, 2.75) is 4.90 Å². The molecule has 19 heavy (non-hydrogen) atoms. The zero-order valence-electron chi connectivity index (χ0n) is 10.5. The van der Waals surface area contributed by atoms with E-state index >= 15 is 0 Å². The van der Waals surface area contributed by atoms with E-state index in [4.69, 9.17) is 0 Å². The van der Waals surface area contributed by atoms with Crippen LogP contribution in [0.5, 0.6) is 0 Å². The molecule has 0 aliphatic carbocycles. The number of nitrogens with zero attached hydrogens (tertiary/aromatic N) is 1. The van der Waals surface area contributed by atoms with Crippen molar-refractivity contribution in [1.82, 2.24) is 5.43 Å². The summed E-state index contributed by atoms with van der Waals surface area (Å²) < 4.78 is 0. The van der Waals surface area contributed by atoms with E-state index in [-0.39, 0.29) is 5.91 Å². The van der Waals surface area contributed by atoms with E-state index in [0.29, 0.717) is 5.56 Å². The average molecular weight is 270 g/mol. The predicted octanol–water partition coefficient (Wildman–Crippen LogP) is 3.17. The van der Waals surface area contributed by atoms with Gasteiger partial charge in [-0.2, -0.15) is 5.10 Å². The van der Waals surface area contributed by atoms with E-state index in [1.807, 2.05) is 48.7 Å². The third kappa shape index (κ3) is 3.96. The molecular formula is C15H14N2OS. The molecular weight excluding hydrogens is 256 g/mol. The lowest BCUT2D eigenvalue weighted by molar-refractivity contribution is 0.0955. The summed E-state index contributed by atoms with van der Waals surface area (Å²) in [5.74, 6) is -0.211. The van der Waals surface area contributed by atoms with Crippen molar-refractivity contribution >= 4 is 23.9 Å². The number of amides is 1. The van der Waals surface area contributed by atoms with E-state index in [0.717, 1.165) is 5.56 Å². The van der Waals surface area contributed by atoms with Gasteiger partial charge in [-0.05, 0) is 36.1 Å². The Bertz CT molecular complexity index is 564. The van der Waals surface area contributed by atoms with Crippen LogP contribution in [-0.2, 0) is 0 Å². The molecule has 0 saturated carbocycles. The van der Waals surface area contributed by atoms with Crippen LogP contribution in [0.2, 0.25) is 0 Å². The summed E-state index contributed by atoms with van der Waals surface area (Å²) in [6.45, 7) is 0. The van der Waals surface area contributed by atoms with Gasteiger partial charge in [0.15, 0.2) is 0 Å². The molecule has 4 heteroatoms. The van der Waals surface area contributed by atoms with Gasteiger partial charge in [-0.15, -0.1) is 11.8 Å². The lowest BCUT2D eigenvalue weighted by Gasteiger charge is -1.99. The Morgan fingerprint density at radius 2 is 1.79 bits per heavy atom. The molecule has 0 aliphatic heterocycles. The summed E-state index contributed by atoms with van der Waals surface area (Å²) >= 11 is 1.69. The van der Waals surface area contributed by atoms with Crippen LogP contribution in [0.4, 0.5) is 0 Å². The molecule has 2 rings (SSSR count). The molecule has 0 aliphatic rings. The van der Waals surface area contributed by atoms with Crippen molar-refractivity contribution < 1.29 is 4.79 Å². The molecule has 2 aromatic rings. The lowest BCUT2D eigenvalue weighted by Crippen LogP contribution is -2.17. The summed E-state index contributed by atoms with van der Waals surface area (Å²) in [4.78, 5) is 12.9. The van der Waals surface area contributed by atoms with Crippen LogP contribution in [0, 0.1) is 0 Å². The molecule has 0 radical (unpaired) electrons. The Morgan fingerprint density at radius 3 is 2.42 bits per heavy atom. The monoisotopic (exact) mass is 270 g/mol. The highest BCUT2D eigenvalue weighted by Crippen LogP contribution is 2.13. The van der Waals surface area contributed by atoms with Crippen LogP contribution in [0.25, 0.3) is 0 Å². The minimum absolute atomic E-state index is 0.211. The first-order valence-electron chi connectivity index (χ1n) is 5.82. The number of carbonyl (C=O) groups is 1. The van der Waals surface area contributed by atoms with Gasteiger partial charge in [0.1, 0.15) is 0 Å². The second-order valence-electron chi connectivity index (χ2n) is 3.84. The zero-order valence-corrected chi connectivity index (χ0v) is 11.4. The van der Waals surface area contributed by atoms with Crippen molar-refractivity contribution in [2.24, 2.45) is 5.10 Å². The Morgan fingerprint density at radius 1 is 1.11 bits per heavy atom. The first kappa shape index (κ1) is 13.4. The third-order valence-corrected chi connectivity index (χ3v) is 3.28. The summed E-state index contributed by atoms with van der Waals surface area (Å²) in [7, 11) is 0. The SMILES string of the molecule is CSc1ccc(C=NNC(=O)c2ccccc2)cc1. The smallest absolute Gasteiger partial charge is 0.267 e. The molecule has 96 valence electrons. The Balaban J connectivity index is 1.94. The fourth-order valence-corrected chi connectivity index (χ4v) is 1.92. The van der Waals surface area contributed by atoms with E-state index in [1.165, 1.54) is 4.90 Å². The molecule has 0 aromatic heterocycles. The second-order valence-corrected chi connectivity index (χ2v) is 4.72. The molecule has 0 atom stereocenters. The normalized spacial score (nSPS) is 10.6. The van der Waals surface area contributed by atoms with Crippen LogP contribution in [0.15, 0.2) is 64.6 Å². The number of benzene rings is 2. The number of rotatable bonds is 4. The van der Waals surface area contributed by atoms with Crippen LogP contribution in [-0.4, -0.2) is 18.4 Å². The highest BCUT2D eigenvalue weighted by Gasteiger charge is 2.01. The molecule has 0 spiro atoms. The second kappa shape index (κ2) is 6.75. The van der Waals surface area contributed by atoms with Gasteiger partial charge in [-0.25, -0.2) is 5.43 Å². The Labute approximate surface area is 116 Å². The minimum atomic E-state index is -0.211. The van der Waals surface area contributed by atoms with Gasteiger partial charge in [0.2, 0.25) is 0 Å². The van der Waals surface area contributed by atoms with Gasteiger partial charge in [0, 0.05) is 10.5 Å². The van der Waals surface area contributed by atoms with Crippen LogP contribution in [0.3, 0.4) is 0 Å². The molecule has 0 saturated heterocycles. The molecule has 0 unspecified atom stereocenters. The molecule has 2 aromatic carbocycles. The lowest BCUT2D eigenvalue weighted by atomic mass is 10.2. The third-order valence-electron chi connectivity index (χ3n) is 2.53. The molecule has 0 heterocycles. The molecule has 0 fully saturated rings. The van der Waals surface area contributed by atoms with Crippen LogP contribution < -0.4 is 5.43 Å². The van der Waals surface area contributed by atoms with Gasteiger partial charge in [-0.1, -0.05) is 30.3 Å². The number of hydrazone groups is 1. The van der Waals surface area contributed by atoms with E-state index in [9.17, 15) is 4.79 Å². The fourth-order valence-electron chi connectivity index (χ4n) is 1.51. The standard InChI is InChI=1S/C15H14N2OS/c1-19-14-9-7-12(8-10-14)11-16-17-15(18)13-5-3-2-4-6-13/h2-11H,1H3,(H,17,18). The minimum Gasteiger partial charge on any atom is -0.267 e. The van der Waals surface area contributed by atoms with Crippen molar-refractivity contribution in [2.75, 3.05) is 6.26 Å². The summed E-state index contributed by atoms with van der Waals surface area (Å²) in [5.41, 5.74) is 4.05. The van der Waals surface area contributed by atoms with Gasteiger partial charge < -0.3 is 0 Å². The fraction of sp³-hybridized carbons (Fsp3) is 0.0667. The van der Waals surface area contributed by atoms with E-state index in [2.05, 4.69) is 10.5 Å². The maximum Gasteiger partial charge on any atom is 0.271 e. The number of thioether (sulfide) groups is 1. The zero-order chi connectivity index (χ0) is 13.5. The Kier molecular flexibility index (Phi) is 4.75. The van der Waals surface area contributed by atoms with Gasteiger partial charge in [0.05, 0.1) is 6.21 Å². The summed E-state index contributed by atoms with van der Waals surface area (Å²) in [6.07, 6.45) is 3.66. The Hall–Kier alpha value is -2.07. The van der Waals surface area contributed by atoms with Crippen LogP contribution in [0.1, 0.15) is 15.9 Å². The van der Waals surface area contributed by atoms with Gasteiger partial charge in [0.25, 0.3) is 5.91 Å². The topological polar surface area (TPSA) is 41.5 Å². The average Bonchev–Trinajstić information content (AvgIpc) is 2.49.